The van der Waals surface area contributed by atoms with Crippen molar-refractivity contribution >= 4 is 16.9 Å². The van der Waals surface area contributed by atoms with E-state index in [4.69, 9.17) is 14.8 Å². The van der Waals surface area contributed by atoms with Gasteiger partial charge in [-0.2, -0.15) is 9.78 Å². The zero-order chi connectivity index (χ0) is 23.8. The van der Waals surface area contributed by atoms with Crippen molar-refractivity contribution in [2.24, 2.45) is 0 Å². The fourth-order valence-electron chi connectivity index (χ4n) is 4.33. The van der Waals surface area contributed by atoms with Crippen LogP contribution in [0.4, 0.5) is 0 Å². The van der Waals surface area contributed by atoms with Crippen molar-refractivity contribution in [3.63, 3.8) is 0 Å². The number of aryl methyl sites for hydroxylation is 3. The van der Waals surface area contributed by atoms with Crippen LogP contribution in [0, 0.1) is 20.8 Å². The number of nitrogens with zero attached hydrogens (tertiary/aromatic N) is 5. The monoisotopic (exact) mass is 455 g/mol. The molecule has 1 saturated carbocycles. The number of fused-ring (bicyclic) bond motifs is 1. The molecule has 0 atom stereocenters. The third kappa shape index (κ3) is 4.38. The Morgan fingerprint density at radius 1 is 1.12 bits per heavy atom. The topological polar surface area (TPSA) is 73.1 Å². The summed E-state index contributed by atoms with van der Waals surface area (Å²) in [5, 5.41) is 5.48. The van der Waals surface area contributed by atoms with Crippen molar-refractivity contribution < 1.29 is 9.53 Å². The molecule has 3 heterocycles. The van der Waals surface area contributed by atoms with Crippen LogP contribution in [0.2, 0.25) is 0 Å². The Morgan fingerprint density at radius 3 is 2.56 bits per heavy atom. The molecule has 0 unspecified atom stereocenters. The van der Waals surface area contributed by atoms with Gasteiger partial charge in [0.25, 0.3) is 5.91 Å². The van der Waals surface area contributed by atoms with E-state index in [2.05, 4.69) is 24.9 Å². The Hall–Kier alpha value is -3.74. The highest BCUT2D eigenvalue weighted by molar-refractivity contribution is 6.06. The Bertz CT molecular complexity index is 1340. The lowest BCUT2D eigenvalue weighted by molar-refractivity contribution is 0.0775. The molecule has 1 aliphatic rings. The first-order valence-corrected chi connectivity index (χ1v) is 11.7. The zero-order valence-corrected chi connectivity index (χ0v) is 20.1. The molecule has 0 spiro atoms. The molecule has 0 aliphatic heterocycles. The molecule has 1 aliphatic carbocycles. The number of ether oxygens (including phenoxy) is 1. The van der Waals surface area contributed by atoms with Gasteiger partial charge in [-0.1, -0.05) is 12.1 Å². The van der Waals surface area contributed by atoms with Gasteiger partial charge in [0.15, 0.2) is 11.5 Å². The molecule has 1 aromatic carbocycles. The Kier molecular flexibility index (Phi) is 5.77. The minimum atomic E-state index is -0.0537. The van der Waals surface area contributed by atoms with E-state index in [9.17, 15) is 4.79 Å². The van der Waals surface area contributed by atoms with Crippen molar-refractivity contribution in [1.82, 2.24) is 24.6 Å². The average molecular weight is 456 g/mol. The summed E-state index contributed by atoms with van der Waals surface area (Å²) in [4.78, 5) is 24.7. The van der Waals surface area contributed by atoms with Gasteiger partial charge < -0.3 is 9.64 Å². The average Bonchev–Trinajstić information content (AvgIpc) is 3.61. The quantitative estimate of drug-likeness (QED) is 0.401. The van der Waals surface area contributed by atoms with Crippen LogP contribution in [0.3, 0.4) is 0 Å². The summed E-state index contributed by atoms with van der Waals surface area (Å²) >= 11 is 0. The highest BCUT2D eigenvalue weighted by Gasteiger charge is 2.29. The van der Waals surface area contributed by atoms with E-state index in [0.29, 0.717) is 36.1 Å². The van der Waals surface area contributed by atoms with Gasteiger partial charge in [0, 0.05) is 24.9 Å². The van der Waals surface area contributed by atoms with Crippen LogP contribution in [-0.4, -0.2) is 50.8 Å². The predicted octanol–water partition coefficient (Wildman–Crippen LogP) is 4.77. The van der Waals surface area contributed by atoms with Crippen LogP contribution in [0.1, 0.15) is 51.6 Å². The van der Waals surface area contributed by atoms with Gasteiger partial charge in [-0.25, -0.2) is 9.97 Å². The summed E-state index contributed by atoms with van der Waals surface area (Å²) in [5.74, 6) is 1.87. The third-order valence-electron chi connectivity index (χ3n) is 6.16. The number of hydrogen-bond donors (Lipinski definition) is 0. The summed E-state index contributed by atoms with van der Waals surface area (Å²) in [6.07, 6.45) is 3.93. The molecule has 4 aromatic rings. The summed E-state index contributed by atoms with van der Waals surface area (Å²) in [6, 6.07) is 13.8. The SMILES string of the molecule is Cc1cc(C)cc(OCCN(C)C(=O)c2cc(C3CC3)nc3c2c(C)nn3-c2ccccn2)c1. The summed E-state index contributed by atoms with van der Waals surface area (Å²) in [7, 11) is 1.81. The third-order valence-corrected chi connectivity index (χ3v) is 6.16. The molecule has 7 heteroatoms. The number of pyridine rings is 2. The normalized spacial score (nSPS) is 13.3. The largest absolute Gasteiger partial charge is 0.492 e. The molecule has 1 fully saturated rings. The molecule has 0 radical (unpaired) electrons. The molecule has 0 N–H and O–H groups in total. The minimum Gasteiger partial charge on any atom is -0.492 e. The number of likely N-dealkylation sites (N-methyl/N-ethyl adjacent to an activating group) is 1. The fraction of sp³-hybridized carbons (Fsp3) is 0.333. The molecule has 5 rings (SSSR count). The number of carbonyl (C=O) groups excluding carboxylic acids is 1. The second-order valence-electron chi connectivity index (χ2n) is 9.15. The van der Waals surface area contributed by atoms with E-state index < -0.39 is 0 Å². The highest BCUT2D eigenvalue weighted by Crippen LogP contribution is 2.40. The number of benzene rings is 1. The summed E-state index contributed by atoms with van der Waals surface area (Å²) in [6.45, 7) is 6.91. The maximum absolute atomic E-state index is 13.6. The van der Waals surface area contributed by atoms with Gasteiger partial charge >= 0.3 is 0 Å². The fourth-order valence-corrected chi connectivity index (χ4v) is 4.33. The number of aromatic nitrogens is 4. The second-order valence-corrected chi connectivity index (χ2v) is 9.15. The van der Waals surface area contributed by atoms with Crippen molar-refractivity contribution in [2.75, 3.05) is 20.2 Å². The summed E-state index contributed by atoms with van der Waals surface area (Å²) in [5.41, 5.74) is 5.36. The van der Waals surface area contributed by atoms with Gasteiger partial charge in [0.05, 0.1) is 23.2 Å². The molecule has 34 heavy (non-hydrogen) atoms. The van der Waals surface area contributed by atoms with Gasteiger partial charge in [0.2, 0.25) is 0 Å². The zero-order valence-electron chi connectivity index (χ0n) is 20.1. The maximum Gasteiger partial charge on any atom is 0.254 e. The number of carbonyl (C=O) groups is 1. The van der Waals surface area contributed by atoms with Crippen LogP contribution in [0.25, 0.3) is 16.9 Å². The van der Waals surface area contributed by atoms with Gasteiger partial charge in [-0.15, -0.1) is 0 Å². The van der Waals surface area contributed by atoms with Crippen molar-refractivity contribution in [2.45, 2.75) is 39.5 Å². The Labute approximate surface area is 199 Å². The Morgan fingerprint density at radius 2 is 1.88 bits per heavy atom. The van der Waals surface area contributed by atoms with Gasteiger partial charge in [-0.3, -0.25) is 4.79 Å². The number of rotatable bonds is 7. The van der Waals surface area contributed by atoms with Crippen molar-refractivity contribution in [3.8, 4) is 11.6 Å². The number of hydrogen-bond acceptors (Lipinski definition) is 5. The molecule has 0 bridgehead atoms. The van der Waals surface area contributed by atoms with E-state index in [-0.39, 0.29) is 5.91 Å². The van der Waals surface area contributed by atoms with E-state index in [0.717, 1.165) is 46.5 Å². The molecular weight excluding hydrogens is 426 g/mol. The molecule has 174 valence electrons. The van der Waals surface area contributed by atoms with Gasteiger partial charge in [0.1, 0.15) is 12.4 Å². The smallest absolute Gasteiger partial charge is 0.254 e. The maximum atomic E-state index is 13.6. The standard InChI is InChI=1S/C27H29N5O2/c1-17-13-18(2)15-21(14-17)34-12-11-31(4)27(33)22-16-23(20-8-9-20)29-26-25(22)19(3)30-32(26)24-7-5-6-10-28-24/h5-7,10,13-16,20H,8-9,11-12H2,1-4H3. The molecule has 7 nitrogen and oxygen atoms in total. The van der Waals surface area contributed by atoms with E-state index in [1.165, 1.54) is 0 Å². The van der Waals surface area contributed by atoms with E-state index >= 15 is 0 Å². The van der Waals surface area contributed by atoms with Crippen LogP contribution in [0.5, 0.6) is 5.75 Å². The first kappa shape index (κ1) is 22.1. The van der Waals surface area contributed by atoms with Crippen LogP contribution in [0.15, 0.2) is 48.7 Å². The molecular formula is C27H29N5O2. The first-order valence-electron chi connectivity index (χ1n) is 11.7. The number of amides is 1. The van der Waals surface area contributed by atoms with E-state index in [1.54, 1.807) is 15.8 Å². The highest BCUT2D eigenvalue weighted by atomic mass is 16.5. The van der Waals surface area contributed by atoms with Crippen LogP contribution in [-0.2, 0) is 0 Å². The van der Waals surface area contributed by atoms with Crippen molar-refractivity contribution in [1.29, 1.82) is 0 Å². The van der Waals surface area contributed by atoms with Crippen molar-refractivity contribution in [3.05, 3.63) is 76.7 Å². The first-order chi connectivity index (χ1) is 16.4. The lowest BCUT2D eigenvalue weighted by Crippen LogP contribution is -2.31. The van der Waals surface area contributed by atoms with Crippen LogP contribution >= 0.6 is 0 Å². The van der Waals surface area contributed by atoms with E-state index in [1.807, 2.05) is 50.4 Å². The lowest BCUT2D eigenvalue weighted by atomic mass is 10.1. The molecule has 1 amide bonds. The second kappa shape index (κ2) is 8.89. The molecule has 0 saturated heterocycles. The molecule has 3 aromatic heterocycles. The van der Waals surface area contributed by atoms with Crippen LogP contribution < -0.4 is 4.74 Å². The lowest BCUT2D eigenvalue weighted by Gasteiger charge is -2.19. The predicted molar refractivity (Wildman–Crippen MR) is 132 cm³/mol. The Balaban J connectivity index is 1.43. The summed E-state index contributed by atoms with van der Waals surface area (Å²) < 4.78 is 7.69. The van der Waals surface area contributed by atoms with Gasteiger partial charge in [-0.05, 0) is 75.1 Å². The minimum absolute atomic E-state index is 0.0537.